The molecule has 1 aromatic rings. The molecule has 0 aliphatic heterocycles. The molecule has 0 bridgehead atoms. The molecule has 0 radical (unpaired) electrons. The van der Waals surface area contributed by atoms with Crippen molar-refractivity contribution < 1.29 is 0 Å². The molecule has 1 aliphatic carbocycles. The average molecular weight is 291 g/mol. The first-order valence-electron chi connectivity index (χ1n) is 7.39. The van der Waals surface area contributed by atoms with E-state index in [-0.39, 0.29) is 0 Å². The molecule has 1 aliphatic rings. The molecule has 1 saturated carbocycles. The maximum absolute atomic E-state index is 6.01. The van der Waals surface area contributed by atoms with E-state index in [1.807, 2.05) is 0 Å². The van der Waals surface area contributed by atoms with Gasteiger partial charge in [0.1, 0.15) is 0 Å². The van der Waals surface area contributed by atoms with Gasteiger partial charge in [-0.2, -0.15) is 0 Å². The van der Waals surface area contributed by atoms with Crippen LogP contribution in [-0.4, -0.2) is 18.3 Å². The molecule has 0 unspecified atom stereocenters. The lowest BCUT2D eigenvalue weighted by Gasteiger charge is -2.23. The minimum absolute atomic E-state index is 0.519. The number of hydrogen-bond acceptors (Lipinski definition) is 2. The molecule has 2 rings (SSSR count). The Kier molecular flexibility index (Phi) is 5.77. The highest BCUT2D eigenvalue weighted by Crippen LogP contribution is 2.22. The van der Waals surface area contributed by atoms with Crippen LogP contribution in [0.2, 0.25) is 0 Å². The molecule has 0 aromatic heterocycles. The van der Waals surface area contributed by atoms with Crippen molar-refractivity contribution in [2.24, 2.45) is 10.7 Å². The molecule has 3 N–H and O–H groups in total. The Hall–Kier alpha value is -1.16. The van der Waals surface area contributed by atoms with E-state index in [0.717, 1.165) is 0 Å². The van der Waals surface area contributed by atoms with Crippen LogP contribution in [0.1, 0.15) is 43.2 Å². The minimum atomic E-state index is 0.519. The molecular weight excluding hydrogens is 266 g/mol. The summed E-state index contributed by atoms with van der Waals surface area (Å²) in [6.07, 6.45) is 8.51. The van der Waals surface area contributed by atoms with Crippen molar-refractivity contribution in [3.8, 4) is 0 Å². The van der Waals surface area contributed by atoms with Gasteiger partial charge >= 0.3 is 0 Å². The van der Waals surface area contributed by atoms with Gasteiger partial charge in [0.05, 0.1) is 6.54 Å². The van der Waals surface area contributed by atoms with Gasteiger partial charge in [-0.25, -0.2) is 4.99 Å². The zero-order valence-electron chi connectivity index (χ0n) is 12.5. The highest BCUT2D eigenvalue weighted by Gasteiger charge is 2.13. The third-order valence-electron chi connectivity index (χ3n) is 3.82. The Morgan fingerprint density at radius 2 is 2.10 bits per heavy atom. The number of aliphatic imine (C=N–C) groups is 1. The zero-order valence-corrected chi connectivity index (χ0v) is 13.3. The van der Waals surface area contributed by atoms with E-state index in [2.05, 4.69) is 41.7 Å². The lowest BCUT2D eigenvalue weighted by molar-refractivity contribution is 0.412. The van der Waals surface area contributed by atoms with Crippen molar-refractivity contribution in [2.75, 3.05) is 6.26 Å². The molecule has 0 amide bonds. The van der Waals surface area contributed by atoms with Crippen molar-refractivity contribution in [2.45, 2.75) is 56.5 Å². The van der Waals surface area contributed by atoms with Crippen LogP contribution in [0.4, 0.5) is 0 Å². The lowest BCUT2D eigenvalue weighted by atomic mass is 9.96. The average Bonchev–Trinajstić information content (AvgIpc) is 2.47. The third kappa shape index (κ3) is 4.44. The Balaban J connectivity index is 1.93. The minimum Gasteiger partial charge on any atom is -0.370 e. The zero-order chi connectivity index (χ0) is 14.4. The summed E-state index contributed by atoms with van der Waals surface area (Å²) < 4.78 is 0. The number of guanidine groups is 1. The smallest absolute Gasteiger partial charge is 0.189 e. The van der Waals surface area contributed by atoms with Crippen LogP contribution in [0.3, 0.4) is 0 Å². The van der Waals surface area contributed by atoms with Gasteiger partial charge in [-0.05, 0) is 43.2 Å². The van der Waals surface area contributed by atoms with Crippen molar-refractivity contribution >= 4 is 17.7 Å². The van der Waals surface area contributed by atoms with E-state index >= 15 is 0 Å². The third-order valence-corrected chi connectivity index (χ3v) is 4.64. The van der Waals surface area contributed by atoms with Crippen LogP contribution < -0.4 is 11.1 Å². The van der Waals surface area contributed by atoms with Crippen molar-refractivity contribution in [1.82, 2.24) is 5.32 Å². The van der Waals surface area contributed by atoms with Gasteiger partial charge in [0.2, 0.25) is 0 Å². The quantitative estimate of drug-likeness (QED) is 0.507. The number of nitrogens with zero attached hydrogens (tertiary/aromatic N) is 1. The van der Waals surface area contributed by atoms with Gasteiger partial charge in [0.15, 0.2) is 5.96 Å². The summed E-state index contributed by atoms with van der Waals surface area (Å²) in [4.78, 5) is 5.79. The summed E-state index contributed by atoms with van der Waals surface area (Å²) in [5, 5.41) is 3.36. The number of rotatable bonds is 4. The fourth-order valence-corrected chi connectivity index (χ4v) is 3.35. The summed E-state index contributed by atoms with van der Waals surface area (Å²) in [5.74, 6) is 0.588. The van der Waals surface area contributed by atoms with E-state index < -0.39 is 0 Å². The van der Waals surface area contributed by atoms with Crippen molar-refractivity contribution in [1.29, 1.82) is 0 Å². The topological polar surface area (TPSA) is 50.4 Å². The van der Waals surface area contributed by atoms with Crippen LogP contribution in [0.25, 0.3) is 0 Å². The fourth-order valence-electron chi connectivity index (χ4n) is 2.65. The van der Waals surface area contributed by atoms with Crippen LogP contribution in [0, 0.1) is 6.92 Å². The van der Waals surface area contributed by atoms with E-state index in [4.69, 9.17) is 5.73 Å². The van der Waals surface area contributed by atoms with Gasteiger partial charge in [-0.3, -0.25) is 0 Å². The summed E-state index contributed by atoms with van der Waals surface area (Å²) in [6.45, 7) is 2.77. The van der Waals surface area contributed by atoms with E-state index in [1.54, 1.807) is 11.8 Å². The predicted octanol–water partition coefficient (Wildman–Crippen LogP) is 3.45. The summed E-state index contributed by atoms with van der Waals surface area (Å²) in [7, 11) is 0. The maximum atomic E-state index is 6.01. The summed E-state index contributed by atoms with van der Waals surface area (Å²) in [5.41, 5.74) is 8.54. The Morgan fingerprint density at radius 1 is 1.35 bits per heavy atom. The van der Waals surface area contributed by atoms with E-state index in [1.165, 1.54) is 48.1 Å². The summed E-state index contributed by atoms with van der Waals surface area (Å²) in [6, 6.07) is 7.01. The first-order chi connectivity index (χ1) is 9.69. The first-order valence-corrected chi connectivity index (χ1v) is 8.61. The van der Waals surface area contributed by atoms with Gasteiger partial charge in [-0.15, -0.1) is 11.8 Å². The van der Waals surface area contributed by atoms with Crippen LogP contribution in [0.5, 0.6) is 0 Å². The normalized spacial score (nSPS) is 17.2. The Labute approximate surface area is 126 Å². The molecule has 1 aromatic carbocycles. The molecule has 4 heteroatoms. The second-order valence-corrected chi connectivity index (χ2v) is 6.34. The number of aryl methyl sites for hydroxylation is 1. The standard InChI is InChI=1S/C16H25N3S/c1-12-8-9-13(15(10-12)20-2)11-18-16(17)19-14-6-4-3-5-7-14/h8-10,14H,3-7,11H2,1-2H3,(H3,17,18,19). The number of nitrogens with two attached hydrogens (primary N) is 1. The second kappa shape index (κ2) is 7.58. The van der Waals surface area contributed by atoms with Gasteiger partial charge < -0.3 is 11.1 Å². The highest BCUT2D eigenvalue weighted by atomic mass is 32.2. The molecule has 0 heterocycles. The van der Waals surface area contributed by atoms with Crippen LogP contribution in [0.15, 0.2) is 28.1 Å². The highest BCUT2D eigenvalue weighted by molar-refractivity contribution is 7.98. The van der Waals surface area contributed by atoms with Crippen molar-refractivity contribution in [3.05, 3.63) is 29.3 Å². The molecule has 3 nitrogen and oxygen atoms in total. The molecule has 0 saturated heterocycles. The van der Waals surface area contributed by atoms with E-state index in [9.17, 15) is 0 Å². The molecule has 0 atom stereocenters. The predicted molar refractivity (Wildman–Crippen MR) is 88.3 cm³/mol. The molecule has 20 heavy (non-hydrogen) atoms. The van der Waals surface area contributed by atoms with Crippen LogP contribution in [-0.2, 0) is 6.54 Å². The number of hydrogen-bond donors (Lipinski definition) is 2. The Morgan fingerprint density at radius 3 is 2.80 bits per heavy atom. The number of nitrogens with one attached hydrogen (secondary N) is 1. The van der Waals surface area contributed by atoms with Gasteiger partial charge in [-0.1, -0.05) is 31.4 Å². The first kappa shape index (κ1) is 15.2. The Bertz CT molecular complexity index is 465. The number of thioether (sulfide) groups is 1. The van der Waals surface area contributed by atoms with Crippen molar-refractivity contribution in [3.63, 3.8) is 0 Å². The monoisotopic (exact) mass is 291 g/mol. The lowest BCUT2D eigenvalue weighted by Crippen LogP contribution is -2.41. The molecular formula is C16H25N3S. The molecule has 110 valence electrons. The van der Waals surface area contributed by atoms with Crippen LogP contribution >= 0.6 is 11.8 Å². The molecule has 1 fully saturated rings. The fraction of sp³-hybridized carbons (Fsp3) is 0.562. The van der Waals surface area contributed by atoms with E-state index in [0.29, 0.717) is 18.5 Å². The number of benzene rings is 1. The maximum Gasteiger partial charge on any atom is 0.189 e. The van der Waals surface area contributed by atoms with Gasteiger partial charge in [0, 0.05) is 10.9 Å². The SMILES string of the molecule is CSc1cc(C)ccc1CN=C(N)NC1CCCCC1. The van der Waals surface area contributed by atoms with Gasteiger partial charge in [0.25, 0.3) is 0 Å². The summed E-state index contributed by atoms with van der Waals surface area (Å²) >= 11 is 1.77. The second-order valence-electron chi connectivity index (χ2n) is 5.50. The largest absolute Gasteiger partial charge is 0.370 e. The molecule has 0 spiro atoms.